The summed E-state index contributed by atoms with van der Waals surface area (Å²) in [5, 5.41) is 0. The lowest BCUT2D eigenvalue weighted by atomic mass is 9.99. The summed E-state index contributed by atoms with van der Waals surface area (Å²) in [5.41, 5.74) is 6.48. The Hall–Kier alpha value is -1.46. The smallest absolute Gasteiger partial charge is 0.119 e. The lowest BCUT2D eigenvalue weighted by Gasteiger charge is -2.09. The molecule has 1 nitrogen and oxygen atoms in total. The van der Waals surface area contributed by atoms with Gasteiger partial charge in [-0.15, -0.1) is 5.73 Å². The third-order valence-electron chi connectivity index (χ3n) is 2.37. The van der Waals surface area contributed by atoms with E-state index in [2.05, 4.69) is 25.3 Å². The maximum atomic E-state index is 5.19. The van der Waals surface area contributed by atoms with Crippen LogP contribution in [0.1, 0.15) is 25.0 Å². The molecule has 0 aromatic heterocycles. The van der Waals surface area contributed by atoms with E-state index in [1.807, 2.05) is 19.1 Å². The first-order chi connectivity index (χ1) is 6.72. The minimum atomic E-state index is 0.881. The lowest BCUT2D eigenvalue weighted by molar-refractivity contribution is 0.414. The summed E-state index contributed by atoms with van der Waals surface area (Å²) in [7, 11) is 1.68. The minimum absolute atomic E-state index is 0.881. The molecule has 0 fully saturated rings. The molecule has 0 atom stereocenters. The average Bonchev–Trinajstić information content (AvgIpc) is 2.27. The van der Waals surface area contributed by atoms with Crippen molar-refractivity contribution in [3.63, 3.8) is 0 Å². The van der Waals surface area contributed by atoms with Crippen LogP contribution in [0.5, 0.6) is 5.75 Å². The van der Waals surface area contributed by atoms with E-state index >= 15 is 0 Å². The fraction of sp³-hybridized carbons (Fsp3) is 0.308. The summed E-state index contributed by atoms with van der Waals surface area (Å²) in [4.78, 5) is 0. The van der Waals surface area contributed by atoms with Gasteiger partial charge in [-0.1, -0.05) is 19.6 Å². The molecule has 0 aliphatic heterocycles. The molecule has 1 aromatic carbocycles. The second-order valence-corrected chi connectivity index (χ2v) is 3.18. The molecule has 1 aromatic rings. The summed E-state index contributed by atoms with van der Waals surface area (Å²) in [6.07, 6.45) is 1.01. The van der Waals surface area contributed by atoms with Gasteiger partial charge in [0.05, 0.1) is 7.11 Å². The van der Waals surface area contributed by atoms with Crippen molar-refractivity contribution >= 4 is 5.57 Å². The van der Waals surface area contributed by atoms with Crippen LogP contribution in [0.15, 0.2) is 30.5 Å². The Labute approximate surface area is 85.7 Å². The molecule has 0 aliphatic carbocycles. The molecule has 0 aliphatic rings. The van der Waals surface area contributed by atoms with Gasteiger partial charge in [0.15, 0.2) is 0 Å². The first-order valence-corrected chi connectivity index (χ1v) is 4.76. The molecule has 0 amide bonds. The standard InChI is InChI=1S/C13H16O/c1-5-10(3)13-9-12(14-4)8-7-11(13)6-2/h7-9H,1,6H2,2-4H3. The summed E-state index contributed by atoms with van der Waals surface area (Å²) in [6.45, 7) is 7.82. The van der Waals surface area contributed by atoms with Gasteiger partial charge in [-0.25, -0.2) is 0 Å². The molecule has 0 heterocycles. The Morgan fingerprint density at radius 3 is 2.71 bits per heavy atom. The van der Waals surface area contributed by atoms with Crippen molar-refractivity contribution in [3.05, 3.63) is 41.6 Å². The largest absolute Gasteiger partial charge is 0.497 e. The van der Waals surface area contributed by atoms with Crippen molar-refractivity contribution in [1.82, 2.24) is 0 Å². The van der Waals surface area contributed by atoms with Crippen molar-refractivity contribution in [1.29, 1.82) is 0 Å². The number of ether oxygens (including phenoxy) is 1. The summed E-state index contributed by atoms with van der Waals surface area (Å²) in [6, 6.07) is 6.11. The highest BCUT2D eigenvalue weighted by molar-refractivity contribution is 5.67. The summed E-state index contributed by atoms with van der Waals surface area (Å²) < 4.78 is 5.19. The van der Waals surface area contributed by atoms with Crippen molar-refractivity contribution in [3.8, 4) is 5.75 Å². The molecule has 1 rings (SSSR count). The van der Waals surface area contributed by atoms with Gasteiger partial charge < -0.3 is 4.74 Å². The van der Waals surface area contributed by atoms with Crippen LogP contribution in [-0.4, -0.2) is 7.11 Å². The van der Waals surface area contributed by atoms with Crippen LogP contribution < -0.4 is 4.74 Å². The third kappa shape index (κ3) is 2.07. The highest BCUT2D eigenvalue weighted by Crippen LogP contribution is 2.23. The SMILES string of the molecule is C=C=C(C)c1cc(OC)ccc1CC. The molecule has 0 saturated heterocycles. The molecule has 0 radical (unpaired) electrons. The third-order valence-corrected chi connectivity index (χ3v) is 2.37. The molecule has 0 N–H and O–H groups in total. The predicted octanol–water partition coefficient (Wildman–Crippen LogP) is 3.45. The van der Waals surface area contributed by atoms with Gasteiger partial charge in [0, 0.05) is 0 Å². The fourth-order valence-corrected chi connectivity index (χ4v) is 1.44. The number of methoxy groups -OCH3 is 1. The Kier molecular flexibility index (Phi) is 3.55. The first kappa shape index (κ1) is 10.6. The van der Waals surface area contributed by atoms with E-state index in [-0.39, 0.29) is 0 Å². The van der Waals surface area contributed by atoms with Gasteiger partial charge in [0.25, 0.3) is 0 Å². The maximum Gasteiger partial charge on any atom is 0.119 e. The molecular formula is C13H16O. The van der Waals surface area contributed by atoms with Crippen molar-refractivity contribution in [2.24, 2.45) is 0 Å². The quantitative estimate of drug-likeness (QED) is 0.660. The molecule has 74 valence electrons. The second-order valence-electron chi connectivity index (χ2n) is 3.18. The van der Waals surface area contributed by atoms with Crippen LogP contribution in [0.25, 0.3) is 5.57 Å². The van der Waals surface area contributed by atoms with E-state index < -0.39 is 0 Å². The van der Waals surface area contributed by atoms with Gasteiger partial charge in [-0.05, 0) is 42.2 Å². The molecule has 14 heavy (non-hydrogen) atoms. The average molecular weight is 188 g/mol. The van der Waals surface area contributed by atoms with Gasteiger partial charge in [-0.3, -0.25) is 0 Å². The number of rotatable bonds is 3. The van der Waals surface area contributed by atoms with Crippen LogP contribution in [0, 0.1) is 0 Å². The van der Waals surface area contributed by atoms with E-state index in [1.165, 1.54) is 11.1 Å². The number of hydrogen-bond donors (Lipinski definition) is 0. The highest BCUT2D eigenvalue weighted by atomic mass is 16.5. The lowest BCUT2D eigenvalue weighted by Crippen LogP contribution is -1.91. The number of allylic oxidation sites excluding steroid dienone is 1. The Balaban J connectivity index is 3.28. The normalized spacial score (nSPS) is 9.36. The number of aryl methyl sites for hydroxylation is 1. The monoisotopic (exact) mass is 188 g/mol. The Morgan fingerprint density at radius 2 is 2.21 bits per heavy atom. The molecule has 0 saturated carbocycles. The van der Waals surface area contributed by atoms with Crippen molar-refractivity contribution < 1.29 is 4.74 Å². The zero-order chi connectivity index (χ0) is 10.6. The Morgan fingerprint density at radius 1 is 1.50 bits per heavy atom. The first-order valence-electron chi connectivity index (χ1n) is 4.76. The molecule has 0 bridgehead atoms. The maximum absolute atomic E-state index is 5.19. The molecule has 0 unspecified atom stereocenters. The zero-order valence-corrected chi connectivity index (χ0v) is 9.05. The topological polar surface area (TPSA) is 9.23 Å². The zero-order valence-electron chi connectivity index (χ0n) is 9.05. The fourth-order valence-electron chi connectivity index (χ4n) is 1.44. The van der Waals surface area contributed by atoms with Gasteiger partial charge in [0.1, 0.15) is 5.75 Å². The predicted molar refractivity (Wildman–Crippen MR) is 60.6 cm³/mol. The van der Waals surface area contributed by atoms with E-state index in [0.717, 1.165) is 17.7 Å². The van der Waals surface area contributed by atoms with Crippen LogP contribution >= 0.6 is 0 Å². The number of benzene rings is 1. The van der Waals surface area contributed by atoms with Crippen LogP contribution in [-0.2, 0) is 6.42 Å². The summed E-state index contributed by atoms with van der Waals surface area (Å²) >= 11 is 0. The van der Waals surface area contributed by atoms with Crippen molar-refractivity contribution in [2.45, 2.75) is 20.3 Å². The van der Waals surface area contributed by atoms with Gasteiger partial charge >= 0.3 is 0 Å². The number of hydrogen-bond acceptors (Lipinski definition) is 1. The summed E-state index contributed by atoms with van der Waals surface area (Å²) in [5.74, 6) is 0.881. The molecule has 1 heteroatoms. The van der Waals surface area contributed by atoms with E-state index in [4.69, 9.17) is 4.74 Å². The van der Waals surface area contributed by atoms with Gasteiger partial charge in [-0.2, -0.15) is 0 Å². The minimum Gasteiger partial charge on any atom is -0.497 e. The molecule has 0 spiro atoms. The highest BCUT2D eigenvalue weighted by Gasteiger charge is 2.03. The van der Waals surface area contributed by atoms with E-state index in [1.54, 1.807) is 7.11 Å². The van der Waals surface area contributed by atoms with Crippen LogP contribution in [0.4, 0.5) is 0 Å². The molecular weight excluding hydrogens is 172 g/mol. The Bertz CT molecular complexity index is 371. The van der Waals surface area contributed by atoms with Crippen molar-refractivity contribution in [2.75, 3.05) is 7.11 Å². The van der Waals surface area contributed by atoms with Crippen LogP contribution in [0.3, 0.4) is 0 Å². The van der Waals surface area contributed by atoms with E-state index in [9.17, 15) is 0 Å². The van der Waals surface area contributed by atoms with E-state index in [0.29, 0.717) is 0 Å². The van der Waals surface area contributed by atoms with Gasteiger partial charge in [0.2, 0.25) is 0 Å². The van der Waals surface area contributed by atoms with Crippen LogP contribution in [0.2, 0.25) is 0 Å². The second kappa shape index (κ2) is 4.69.